The highest BCUT2D eigenvalue weighted by Crippen LogP contribution is 2.34. The zero-order valence-corrected chi connectivity index (χ0v) is 12.9. The Kier molecular flexibility index (Phi) is 4.33. The molecule has 2 aromatic carbocycles. The second-order valence-electron chi connectivity index (χ2n) is 5.58. The number of rotatable bonds is 4. The monoisotopic (exact) mass is 309 g/mol. The molecule has 0 spiro atoms. The third kappa shape index (κ3) is 3.21. The zero-order chi connectivity index (χ0) is 16.2. The first-order valence-electron chi connectivity index (χ1n) is 7.64. The number of benzene rings is 2. The SMILES string of the molecule is C[C@H]1[C@@H](c2ccccc2)OC(=O)N1/C(O)=C/Cc1ccccc1. The molecule has 23 heavy (non-hydrogen) atoms. The van der Waals surface area contributed by atoms with Crippen LogP contribution < -0.4 is 0 Å². The molecular weight excluding hydrogens is 290 g/mol. The summed E-state index contributed by atoms with van der Waals surface area (Å²) in [5.41, 5.74) is 1.99. The predicted octanol–water partition coefficient (Wildman–Crippen LogP) is 4.21. The number of aliphatic hydroxyl groups is 1. The molecule has 1 aliphatic heterocycles. The van der Waals surface area contributed by atoms with E-state index in [1.165, 1.54) is 4.90 Å². The van der Waals surface area contributed by atoms with Gasteiger partial charge in [0.15, 0.2) is 5.88 Å². The number of allylic oxidation sites excluding steroid dienone is 1. The van der Waals surface area contributed by atoms with Crippen molar-refractivity contribution in [1.29, 1.82) is 0 Å². The van der Waals surface area contributed by atoms with E-state index in [9.17, 15) is 9.90 Å². The van der Waals surface area contributed by atoms with Crippen molar-refractivity contribution in [2.24, 2.45) is 0 Å². The molecule has 1 aliphatic rings. The number of ether oxygens (including phenoxy) is 1. The number of amides is 1. The van der Waals surface area contributed by atoms with Crippen LogP contribution in [0.15, 0.2) is 72.6 Å². The van der Waals surface area contributed by atoms with Crippen LogP contribution in [0, 0.1) is 0 Å². The lowest BCUT2D eigenvalue weighted by atomic mass is 10.0. The van der Waals surface area contributed by atoms with Crippen molar-refractivity contribution >= 4 is 6.09 Å². The van der Waals surface area contributed by atoms with E-state index in [1.807, 2.05) is 67.6 Å². The standard InChI is InChI=1S/C19H19NO3/c1-14-18(16-10-6-3-7-11-16)23-19(22)20(14)17(21)13-12-15-8-4-2-5-9-15/h2-11,13-14,18,21H,12H2,1H3/b17-13-/t14-,18-/m0/s1. The second-order valence-corrected chi connectivity index (χ2v) is 5.58. The Bertz CT molecular complexity index is 697. The van der Waals surface area contributed by atoms with Crippen LogP contribution in [0.2, 0.25) is 0 Å². The smallest absolute Gasteiger partial charge is 0.417 e. The van der Waals surface area contributed by atoms with E-state index in [4.69, 9.17) is 4.74 Å². The van der Waals surface area contributed by atoms with Gasteiger partial charge in [-0.1, -0.05) is 60.7 Å². The topological polar surface area (TPSA) is 49.8 Å². The Morgan fingerprint density at radius 2 is 1.74 bits per heavy atom. The minimum absolute atomic E-state index is 0.0650. The Morgan fingerprint density at radius 1 is 1.13 bits per heavy atom. The number of hydrogen-bond donors (Lipinski definition) is 1. The third-order valence-corrected chi connectivity index (χ3v) is 4.01. The molecule has 1 amide bonds. The first-order chi connectivity index (χ1) is 11.2. The molecule has 1 N–H and O–H groups in total. The minimum Gasteiger partial charge on any atom is -0.495 e. The van der Waals surface area contributed by atoms with Crippen LogP contribution in [0.3, 0.4) is 0 Å². The summed E-state index contributed by atoms with van der Waals surface area (Å²) in [5.74, 6) is -0.0650. The fraction of sp³-hybridized carbons (Fsp3) is 0.211. The van der Waals surface area contributed by atoms with Gasteiger partial charge in [-0.05, 0) is 30.5 Å². The van der Waals surface area contributed by atoms with Crippen LogP contribution in [-0.4, -0.2) is 22.1 Å². The van der Waals surface area contributed by atoms with E-state index in [-0.39, 0.29) is 18.0 Å². The van der Waals surface area contributed by atoms with Crippen LogP contribution in [0.5, 0.6) is 0 Å². The van der Waals surface area contributed by atoms with Gasteiger partial charge in [-0.15, -0.1) is 0 Å². The van der Waals surface area contributed by atoms with Crippen molar-refractivity contribution in [2.75, 3.05) is 0 Å². The molecular formula is C19H19NO3. The van der Waals surface area contributed by atoms with Crippen LogP contribution in [0.25, 0.3) is 0 Å². The summed E-state index contributed by atoms with van der Waals surface area (Å²) in [6.07, 6.45) is 1.30. The predicted molar refractivity (Wildman–Crippen MR) is 87.8 cm³/mol. The van der Waals surface area contributed by atoms with Crippen molar-refractivity contribution in [3.05, 3.63) is 83.7 Å². The third-order valence-electron chi connectivity index (χ3n) is 4.01. The summed E-state index contributed by atoms with van der Waals surface area (Å²) in [5, 5.41) is 10.3. The maximum absolute atomic E-state index is 12.1. The lowest BCUT2D eigenvalue weighted by Crippen LogP contribution is -2.31. The fourth-order valence-electron chi connectivity index (χ4n) is 2.78. The van der Waals surface area contributed by atoms with Gasteiger partial charge in [-0.25, -0.2) is 9.69 Å². The van der Waals surface area contributed by atoms with E-state index >= 15 is 0 Å². The Labute approximate surface area is 135 Å². The molecule has 2 atom stereocenters. The lowest BCUT2D eigenvalue weighted by Gasteiger charge is -2.19. The van der Waals surface area contributed by atoms with Crippen molar-refractivity contribution in [3.63, 3.8) is 0 Å². The van der Waals surface area contributed by atoms with E-state index in [0.717, 1.165) is 11.1 Å². The van der Waals surface area contributed by atoms with Gasteiger partial charge in [0, 0.05) is 0 Å². The van der Waals surface area contributed by atoms with Gasteiger partial charge in [0.05, 0.1) is 6.04 Å². The molecule has 1 fully saturated rings. The summed E-state index contributed by atoms with van der Waals surface area (Å²) < 4.78 is 5.43. The lowest BCUT2D eigenvalue weighted by molar-refractivity contribution is 0.129. The maximum Gasteiger partial charge on any atom is 0.417 e. The minimum atomic E-state index is -0.520. The Morgan fingerprint density at radius 3 is 2.39 bits per heavy atom. The first kappa shape index (κ1) is 15.2. The van der Waals surface area contributed by atoms with Gasteiger partial charge in [0.1, 0.15) is 6.10 Å². The van der Waals surface area contributed by atoms with Gasteiger partial charge in [-0.2, -0.15) is 0 Å². The Balaban J connectivity index is 1.76. The molecule has 2 aromatic rings. The van der Waals surface area contributed by atoms with Gasteiger partial charge < -0.3 is 9.84 Å². The van der Waals surface area contributed by atoms with Crippen molar-refractivity contribution < 1.29 is 14.6 Å². The van der Waals surface area contributed by atoms with Gasteiger partial charge in [0.25, 0.3) is 0 Å². The molecule has 0 saturated carbocycles. The molecule has 1 heterocycles. The van der Waals surface area contributed by atoms with E-state index in [2.05, 4.69) is 0 Å². The summed E-state index contributed by atoms with van der Waals surface area (Å²) in [7, 11) is 0. The van der Waals surface area contributed by atoms with Crippen LogP contribution in [0.1, 0.15) is 24.2 Å². The Hall–Kier alpha value is -2.75. The van der Waals surface area contributed by atoms with Crippen molar-refractivity contribution in [3.8, 4) is 0 Å². The van der Waals surface area contributed by atoms with Gasteiger partial charge >= 0.3 is 6.09 Å². The van der Waals surface area contributed by atoms with E-state index in [1.54, 1.807) is 6.08 Å². The van der Waals surface area contributed by atoms with Gasteiger partial charge in [0.2, 0.25) is 0 Å². The highest BCUT2D eigenvalue weighted by molar-refractivity contribution is 5.72. The fourth-order valence-corrected chi connectivity index (χ4v) is 2.78. The number of aliphatic hydroxyl groups excluding tert-OH is 1. The molecule has 118 valence electrons. The van der Waals surface area contributed by atoms with Crippen LogP contribution >= 0.6 is 0 Å². The van der Waals surface area contributed by atoms with E-state index < -0.39 is 6.09 Å². The molecule has 4 heteroatoms. The van der Waals surface area contributed by atoms with Crippen molar-refractivity contribution in [1.82, 2.24) is 4.90 Å². The number of carbonyl (C=O) groups excluding carboxylic acids is 1. The average molecular weight is 309 g/mol. The molecule has 0 aromatic heterocycles. The first-order valence-corrected chi connectivity index (χ1v) is 7.64. The summed E-state index contributed by atoms with van der Waals surface area (Å²) in [4.78, 5) is 13.4. The van der Waals surface area contributed by atoms with Crippen LogP contribution in [0.4, 0.5) is 4.79 Å². The van der Waals surface area contributed by atoms with E-state index in [0.29, 0.717) is 6.42 Å². The normalized spacial score (nSPS) is 21.3. The number of nitrogens with zero attached hydrogens (tertiary/aromatic N) is 1. The molecule has 1 saturated heterocycles. The molecule has 3 rings (SSSR count). The summed E-state index contributed by atoms with van der Waals surface area (Å²) >= 11 is 0. The highest BCUT2D eigenvalue weighted by Gasteiger charge is 2.41. The summed E-state index contributed by atoms with van der Waals surface area (Å²) in [6, 6.07) is 19.1. The van der Waals surface area contributed by atoms with Crippen LogP contribution in [-0.2, 0) is 11.2 Å². The number of hydrogen-bond acceptors (Lipinski definition) is 3. The van der Waals surface area contributed by atoms with Crippen molar-refractivity contribution in [2.45, 2.75) is 25.5 Å². The number of carbonyl (C=O) groups is 1. The zero-order valence-electron chi connectivity index (χ0n) is 12.9. The molecule has 0 radical (unpaired) electrons. The van der Waals surface area contributed by atoms with Gasteiger partial charge in [-0.3, -0.25) is 0 Å². The number of cyclic esters (lactones) is 1. The molecule has 0 bridgehead atoms. The second kappa shape index (κ2) is 6.57. The summed E-state index contributed by atoms with van der Waals surface area (Å²) in [6.45, 7) is 1.87. The largest absolute Gasteiger partial charge is 0.495 e. The quantitative estimate of drug-likeness (QED) is 0.861. The maximum atomic E-state index is 12.1. The molecule has 0 unspecified atom stereocenters. The molecule has 0 aliphatic carbocycles. The highest BCUT2D eigenvalue weighted by atomic mass is 16.6. The molecule has 4 nitrogen and oxygen atoms in total. The average Bonchev–Trinajstić information content (AvgIpc) is 2.89.